The van der Waals surface area contributed by atoms with Crippen molar-refractivity contribution in [3.05, 3.63) is 0 Å². The predicted molar refractivity (Wildman–Crippen MR) is 51.1 cm³/mol. The van der Waals surface area contributed by atoms with Crippen LogP contribution in [-0.4, -0.2) is 42.4 Å². The fourth-order valence-electron chi connectivity index (χ4n) is 1.66. The molecule has 5 heteroatoms. The van der Waals surface area contributed by atoms with Gasteiger partial charge in [0.2, 0.25) is 0 Å². The fourth-order valence-corrected chi connectivity index (χ4v) is 1.66. The summed E-state index contributed by atoms with van der Waals surface area (Å²) in [6.07, 6.45) is 1.63. The Morgan fingerprint density at radius 3 is 2.71 bits per heavy atom. The zero-order valence-electron chi connectivity index (χ0n) is 8.53. The summed E-state index contributed by atoms with van der Waals surface area (Å²) in [4.78, 5) is 13.0. The summed E-state index contributed by atoms with van der Waals surface area (Å²) >= 11 is 0. The van der Waals surface area contributed by atoms with Gasteiger partial charge in [0.1, 0.15) is 0 Å². The molecule has 1 fully saturated rings. The van der Waals surface area contributed by atoms with Gasteiger partial charge in [-0.25, -0.2) is 10.3 Å². The molecule has 0 spiro atoms. The molecule has 0 radical (unpaired) electrons. The van der Waals surface area contributed by atoms with E-state index in [0.717, 1.165) is 25.9 Å². The smallest absolute Gasteiger partial charge is 0.409 e. The first-order chi connectivity index (χ1) is 6.77. The van der Waals surface area contributed by atoms with Gasteiger partial charge in [-0.3, -0.25) is 0 Å². The second-order valence-electron chi connectivity index (χ2n) is 3.49. The van der Waals surface area contributed by atoms with E-state index in [9.17, 15) is 4.79 Å². The fraction of sp³-hybridized carbons (Fsp3) is 0.889. The SMILES string of the molecule is CCOC(=O)N1CCC(CNO)CC1. The summed E-state index contributed by atoms with van der Waals surface area (Å²) in [6.45, 7) is 4.30. The molecule has 1 aliphatic heterocycles. The standard InChI is InChI=1S/C9H18N2O3/c1-2-14-9(12)11-5-3-8(4-6-11)7-10-13/h8,10,13H,2-7H2,1H3. The Balaban J connectivity index is 2.24. The molecule has 1 heterocycles. The normalized spacial score (nSPS) is 18.3. The molecule has 1 rings (SSSR count). The van der Waals surface area contributed by atoms with Crippen molar-refractivity contribution in [2.24, 2.45) is 5.92 Å². The third-order valence-electron chi connectivity index (χ3n) is 2.52. The monoisotopic (exact) mass is 202 g/mol. The van der Waals surface area contributed by atoms with Crippen LogP contribution in [0.1, 0.15) is 19.8 Å². The van der Waals surface area contributed by atoms with Gasteiger partial charge in [-0.2, -0.15) is 0 Å². The van der Waals surface area contributed by atoms with Crippen molar-refractivity contribution in [2.45, 2.75) is 19.8 Å². The van der Waals surface area contributed by atoms with Crippen molar-refractivity contribution in [1.82, 2.24) is 10.4 Å². The minimum Gasteiger partial charge on any atom is -0.450 e. The van der Waals surface area contributed by atoms with E-state index in [1.54, 1.807) is 11.8 Å². The highest BCUT2D eigenvalue weighted by molar-refractivity contribution is 5.67. The summed E-state index contributed by atoms with van der Waals surface area (Å²) in [7, 11) is 0. The molecule has 14 heavy (non-hydrogen) atoms. The van der Waals surface area contributed by atoms with Crippen molar-refractivity contribution >= 4 is 6.09 Å². The van der Waals surface area contributed by atoms with Crippen LogP contribution in [0, 0.1) is 5.92 Å². The number of rotatable bonds is 3. The highest BCUT2D eigenvalue weighted by Crippen LogP contribution is 2.16. The van der Waals surface area contributed by atoms with Gasteiger partial charge in [0.15, 0.2) is 0 Å². The van der Waals surface area contributed by atoms with Gasteiger partial charge >= 0.3 is 6.09 Å². The average molecular weight is 202 g/mol. The number of piperidine rings is 1. The van der Waals surface area contributed by atoms with E-state index in [2.05, 4.69) is 5.48 Å². The quantitative estimate of drug-likeness (QED) is 0.665. The summed E-state index contributed by atoms with van der Waals surface area (Å²) in [5.74, 6) is 0.464. The summed E-state index contributed by atoms with van der Waals surface area (Å²) < 4.78 is 4.90. The molecule has 0 unspecified atom stereocenters. The van der Waals surface area contributed by atoms with Crippen LogP contribution in [-0.2, 0) is 4.74 Å². The van der Waals surface area contributed by atoms with Crippen LogP contribution in [0.4, 0.5) is 4.79 Å². The van der Waals surface area contributed by atoms with Crippen LogP contribution in [0.2, 0.25) is 0 Å². The maximum atomic E-state index is 11.3. The largest absolute Gasteiger partial charge is 0.450 e. The van der Waals surface area contributed by atoms with Crippen LogP contribution in [0.15, 0.2) is 0 Å². The number of hydrogen-bond donors (Lipinski definition) is 2. The van der Waals surface area contributed by atoms with Crippen molar-refractivity contribution in [1.29, 1.82) is 0 Å². The summed E-state index contributed by atoms with van der Waals surface area (Å²) in [5, 5.41) is 8.52. The summed E-state index contributed by atoms with van der Waals surface area (Å²) in [5.41, 5.74) is 2.17. The third kappa shape index (κ3) is 3.16. The predicted octanol–water partition coefficient (Wildman–Crippen LogP) is 0.834. The zero-order chi connectivity index (χ0) is 10.4. The van der Waals surface area contributed by atoms with Gasteiger partial charge < -0.3 is 14.8 Å². The molecule has 1 amide bonds. The molecule has 0 saturated carbocycles. The van der Waals surface area contributed by atoms with E-state index in [4.69, 9.17) is 9.94 Å². The Morgan fingerprint density at radius 1 is 1.57 bits per heavy atom. The van der Waals surface area contributed by atoms with Gasteiger partial charge in [0.05, 0.1) is 6.61 Å². The van der Waals surface area contributed by atoms with Crippen LogP contribution in [0.25, 0.3) is 0 Å². The number of hydrogen-bond acceptors (Lipinski definition) is 4. The Bertz CT molecular complexity index is 179. The lowest BCUT2D eigenvalue weighted by Gasteiger charge is -2.30. The average Bonchev–Trinajstić information content (AvgIpc) is 2.20. The van der Waals surface area contributed by atoms with Crippen LogP contribution in [0.3, 0.4) is 0 Å². The first kappa shape index (κ1) is 11.3. The molecule has 5 nitrogen and oxygen atoms in total. The van der Waals surface area contributed by atoms with Crippen LogP contribution in [0.5, 0.6) is 0 Å². The highest BCUT2D eigenvalue weighted by Gasteiger charge is 2.22. The molecule has 2 N–H and O–H groups in total. The second-order valence-corrected chi connectivity index (χ2v) is 3.49. The topological polar surface area (TPSA) is 61.8 Å². The first-order valence-corrected chi connectivity index (χ1v) is 5.06. The van der Waals surface area contributed by atoms with Crippen molar-refractivity contribution in [2.75, 3.05) is 26.2 Å². The maximum absolute atomic E-state index is 11.3. The molecular formula is C9H18N2O3. The van der Waals surface area contributed by atoms with E-state index < -0.39 is 0 Å². The second kappa shape index (κ2) is 5.82. The van der Waals surface area contributed by atoms with Crippen LogP contribution >= 0.6 is 0 Å². The number of amides is 1. The number of hydroxylamine groups is 1. The van der Waals surface area contributed by atoms with Gasteiger partial charge in [-0.15, -0.1) is 0 Å². The minimum atomic E-state index is -0.220. The Kier molecular flexibility index (Phi) is 4.69. The van der Waals surface area contributed by atoms with Crippen molar-refractivity contribution < 1.29 is 14.7 Å². The van der Waals surface area contributed by atoms with Crippen molar-refractivity contribution in [3.8, 4) is 0 Å². The van der Waals surface area contributed by atoms with E-state index in [-0.39, 0.29) is 6.09 Å². The lowest BCUT2D eigenvalue weighted by atomic mass is 9.97. The lowest BCUT2D eigenvalue weighted by Crippen LogP contribution is -2.40. The number of likely N-dealkylation sites (tertiary alicyclic amines) is 1. The summed E-state index contributed by atoms with van der Waals surface area (Å²) in [6, 6.07) is 0. The van der Waals surface area contributed by atoms with E-state index in [1.165, 1.54) is 0 Å². The van der Waals surface area contributed by atoms with Gasteiger partial charge in [0, 0.05) is 19.6 Å². The Morgan fingerprint density at radius 2 is 2.21 bits per heavy atom. The first-order valence-electron chi connectivity index (χ1n) is 5.06. The molecule has 0 bridgehead atoms. The Labute approximate surface area is 84.0 Å². The Hall–Kier alpha value is -0.810. The van der Waals surface area contributed by atoms with Gasteiger partial charge in [0.25, 0.3) is 0 Å². The molecule has 0 atom stereocenters. The van der Waals surface area contributed by atoms with Crippen molar-refractivity contribution in [3.63, 3.8) is 0 Å². The van der Waals surface area contributed by atoms with E-state index >= 15 is 0 Å². The van der Waals surface area contributed by atoms with E-state index in [0.29, 0.717) is 19.1 Å². The molecule has 0 aromatic rings. The number of nitrogens with one attached hydrogen (secondary N) is 1. The van der Waals surface area contributed by atoms with Gasteiger partial charge in [-0.1, -0.05) is 0 Å². The molecule has 1 saturated heterocycles. The lowest BCUT2D eigenvalue weighted by molar-refractivity contribution is 0.0826. The molecular weight excluding hydrogens is 184 g/mol. The molecule has 0 aromatic heterocycles. The van der Waals surface area contributed by atoms with E-state index in [1.807, 2.05) is 0 Å². The molecule has 0 aliphatic carbocycles. The molecule has 1 aliphatic rings. The molecule has 82 valence electrons. The zero-order valence-corrected chi connectivity index (χ0v) is 8.53. The number of nitrogens with zero attached hydrogens (tertiary/aromatic N) is 1. The highest BCUT2D eigenvalue weighted by atomic mass is 16.6. The minimum absolute atomic E-state index is 0.220. The van der Waals surface area contributed by atoms with Crippen LogP contribution < -0.4 is 5.48 Å². The number of carbonyl (C=O) groups excluding carboxylic acids is 1. The maximum Gasteiger partial charge on any atom is 0.409 e. The third-order valence-corrected chi connectivity index (χ3v) is 2.52. The molecule has 0 aromatic carbocycles. The number of carbonyl (C=O) groups is 1. The van der Waals surface area contributed by atoms with Gasteiger partial charge in [-0.05, 0) is 25.7 Å². The number of ether oxygens (including phenoxy) is 1.